The molecule has 2 unspecified atom stereocenters. The highest BCUT2D eigenvalue weighted by Crippen LogP contribution is 2.32. The standard InChI is InChI=1S/C12H19BrN2OS/c13-12-4-3-11(17-12)10(6-14)15-5-1-2-9(7-15)8-16/h3-4,9-10,16H,1-2,5-8,14H2. The minimum atomic E-state index is 0.294. The molecule has 0 amide bonds. The van der Waals surface area contributed by atoms with Gasteiger partial charge in [0.25, 0.3) is 0 Å². The molecule has 0 saturated carbocycles. The highest BCUT2D eigenvalue weighted by molar-refractivity contribution is 9.11. The molecule has 1 aromatic rings. The van der Waals surface area contributed by atoms with Gasteiger partial charge in [0.1, 0.15) is 0 Å². The molecule has 0 aliphatic carbocycles. The minimum absolute atomic E-state index is 0.294. The molecule has 1 saturated heterocycles. The van der Waals surface area contributed by atoms with Crippen LogP contribution in [0.4, 0.5) is 0 Å². The van der Waals surface area contributed by atoms with Gasteiger partial charge in [-0.15, -0.1) is 11.3 Å². The van der Waals surface area contributed by atoms with Crippen molar-refractivity contribution in [3.8, 4) is 0 Å². The summed E-state index contributed by atoms with van der Waals surface area (Å²) in [7, 11) is 0. The molecule has 0 radical (unpaired) electrons. The first kappa shape index (κ1) is 13.5. The summed E-state index contributed by atoms with van der Waals surface area (Å²) in [5, 5.41) is 9.28. The molecule has 96 valence electrons. The lowest BCUT2D eigenvalue weighted by atomic mass is 9.97. The Kier molecular flexibility index (Phi) is 4.99. The van der Waals surface area contributed by atoms with Crippen LogP contribution in [0.3, 0.4) is 0 Å². The number of halogens is 1. The van der Waals surface area contributed by atoms with E-state index in [2.05, 4.69) is 33.0 Å². The molecule has 2 rings (SSSR count). The van der Waals surface area contributed by atoms with Crippen LogP contribution in [0.1, 0.15) is 23.8 Å². The predicted molar refractivity (Wildman–Crippen MR) is 75.2 cm³/mol. The van der Waals surface area contributed by atoms with E-state index in [9.17, 15) is 5.11 Å². The Morgan fingerprint density at radius 1 is 1.59 bits per heavy atom. The van der Waals surface area contributed by atoms with Crippen LogP contribution in [-0.2, 0) is 0 Å². The molecule has 0 aromatic carbocycles. The Balaban J connectivity index is 2.07. The molecule has 1 aliphatic heterocycles. The summed E-state index contributed by atoms with van der Waals surface area (Å²) >= 11 is 5.25. The Morgan fingerprint density at radius 3 is 3.00 bits per heavy atom. The van der Waals surface area contributed by atoms with Gasteiger partial charge in [0.15, 0.2) is 0 Å². The number of hydrogen-bond donors (Lipinski definition) is 2. The largest absolute Gasteiger partial charge is 0.396 e. The topological polar surface area (TPSA) is 49.5 Å². The minimum Gasteiger partial charge on any atom is -0.396 e. The summed E-state index contributed by atoms with van der Waals surface area (Å²) in [4.78, 5) is 3.74. The molecule has 3 N–H and O–H groups in total. The molecule has 17 heavy (non-hydrogen) atoms. The number of aliphatic hydroxyl groups is 1. The van der Waals surface area contributed by atoms with E-state index in [1.165, 1.54) is 4.88 Å². The lowest BCUT2D eigenvalue weighted by Gasteiger charge is -2.36. The maximum absolute atomic E-state index is 9.28. The molecule has 2 heterocycles. The highest BCUT2D eigenvalue weighted by atomic mass is 79.9. The van der Waals surface area contributed by atoms with Crippen molar-refractivity contribution < 1.29 is 5.11 Å². The summed E-state index contributed by atoms with van der Waals surface area (Å²) in [6.07, 6.45) is 2.30. The first-order valence-electron chi connectivity index (χ1n) is 6.04. The van der Waals surface area contributed by atoms with Crippen molar-refractivity contribution >= 4 is 27.3 Å². The van der Waals surface area contributed by atoms with E-state index in [1.807, 2.05) is 0 Å². The van der Waals surface area contributed by atoms with Gasteiger partial charge in [0.05, 0.1) is 9.83 Å². The molecular weight excluding hydrogens is 300 g/mol. The van der Waals surface area contributed by atoms with Crippen LogP contribution in [0.5, 0.6) is 0 Å². The quantitative estimate of drug-likeness (QED) is 0.895. The van der Waals surface area contributed by atoms with E-state index < -0.39 is 0 Å². The number of thiophene rings is 1. The van der Waals surface area contributed by atoms with E-state index in [0.29, 0.717) is 25.1 Å². The highest BCUT2D eigenvalue weighted by Gasteiger charge is 2.26. The second kappa shape index (κ2) is 6.29. The molecule has 1 aromatic heterocycles. The van der Waals surface area contributed by atoms with Crippen molar-refractivity contribution in [3.63, 3.8) is 0 Å². The number of hydrogen-bond acceptors (Lipinski definition) is 4. The van der Waals surface area contributed by atoms with Crippen LogP contribution in [0, 0.1) is 5.92 Å². The van der Waals surface area contributed by atoms with E-state index in [-0.39, 0.29) is 0 Å². The Labute approximate surface area is 115 Å². The van der Waals surface area contributed by atoms with E-state index >= 15 is 0 Å². The van der Waals surface area contributed by atoms with Crippen LogP contribution in [0.15, 0.2) is 15.9 Å². The molecule has 0 bridgehead atoms. The number of aliphatic hydroxyl groups excluding tert-OH is 1. The number of piperidine rings is 1. The average molecular weight is 319 g/mol. The SMILES string of the molecule is NCC(c1ccc(Br)s1)N1CCCC(CO)C1. The van der Waals surface area contributed by atoms with Crippen molar-refractivity contribution in [3.05, 3.63) is 20.8 Å². The fourth-order valence-electron chi connectivity index (χ4n) is 2.48. The van der Waals surface area contributed by atoms with Crippen molar-refractivity contribution in [1.82, 2.24) is 4.90 Å². The number of rotatable bonds is 4. The summed E-state index contributed by atoms with van der Waals surface area (Å²) in [5.74, 6) is 0.418. The van der Waals surface area contributed by atoms with Crippen molar-refractivity contribution in [2.45, 2.75) is 18.9 Å². The average Bonchev–Trinajstić information content (AvgIpc) is 2.77. The van der Waals surface area contributed by atoms with E-state index in [1.54, 1.807) is 11.3 Å². The third kappa shape index (κ3) is 3.29. The maximum atomic E-state index is 9.28. The van der Waals surface area contributed by atoms with Gasteiger partial charge in [-0.1, -0.05) is 0 Å². The smallest absolute Gasteiger partial charge is 0.0702 e. The van der Waals surface area contributed by atoms with E-state index in [0.717, 1.165) is 29.7 Å². The third-order valence-electron chi connectivity index (χ3n) is 3.40. The molecule has 0 spiro atoms. The van der Waals surface area contributed by atoms with Gasteiger partial charge in [-0.05, 0) is 53.4 Å². The van der Waals surface area contributed by atoms with Crippen LogP contribution in [0.25, 0.3) is 0 Å². The van der Waals surface area contributed by atoms with Crippen LogP contribution in [-0.4, -0.2) is 36.2 Å². The zero-order valence-corrected chi connectivity index (χ0v) is 12.2. The third-order valence-corrected chi connectivity index (χ3v) is 5.12. The van der Waals surface area contributed by atoms with Crippen molar-refractivity contribution in [2.75, 3.05) is 26.2 Å². The molecular formula is C12H19BrN2OS. The lowest BCUT2D eigenvalue weighted by molar-refractivity contribution is 0.0912. The number of likely N-dealkylation sites (tertiary alicyclic amines) is 1. The van der Waals surface area contributed by atoms with E-state index in [4.69, 9.17) is 5.73 Å². The van der Waals surface area contributed by atoms with Crippen molar-refractivity contribution in [2.24, 2.45) is 11.7 Å². The lowest BCUT2D eigenvalue weighted by Crippen LogP contribution is -2.41. The Morgan fingerprint density at radius 2 is 2.41 bits per heavy atom. The summed E-state index contributed by atoms with van der Waals surface area (Å²) in [5.41, 5.74) is 5.92. The normalized spacial score (nSPS) is 23.8. The van der Waals surface area contributed by atoms with Crippen LogP contribution >= 0.6 is 27.3 Å². The van der Waals surface area contributed by atoms with Gasteiger partial charge < -0.3 is 10.8 Å². The summed E-state index contributed by atoms with van der Waals surface area (Å²) in [6.45, 7) is 2.99. The van der Waals surface area contributed by atoms with Crippen LogP contribution < -0.4 is 5.73 Å². The first-order valence-corrected chi connectivity index (χ1v) is 7.65. The molecule has 5 heteroatoms. The zero-order chi connectivity index (χ0) is 12.3. The second-order valence-electron chi connectivity index (χ2n) is 4.58. The van der Waals surface area contributed by atoms with Gasteiger partial charge in [-0.3, -0.25) is 4.90 Å². The van der Waals surface area contributed by atoms with Gasteiger partial charge in [-0.2, -0.15) is 0 Å². The fourth-order valence-corrected chi connectivity index (χ4v) is 4.05. The number of nitrogens with two attached hydrogens (primary N) is 1. The second-order valence-corrected chi connectivity index (χ2v) is 7.07. The number of nitrogens with zero attached hydrogens (tertiary/aromatic N) is 1. The summed E-state index contributed by atoms with van der Waals surface area (Å²) < 4.78 is 1.15. The van der Waals surface area contributed by atoms with Gasteiger partial charge in [-0.25, -0.2) is 0 Å². The van der Waals surface area contributed by atoms with Gasteiger partial charge >= 0.3 is 0 Å². The molecule has 3 nitrogen and oxygen atoms in total. The fraction of sp³-hybridized carbons (Fsp3) is 0.667. The van der Waals surface area contributed by atoms with Crippen LogP contribution in [0.2, 0.25) is 0 Å². The first-order chi connectivity index (χ1) is 8.24. The van der Waals surface area contributed by atoms with Gasteiger partial charge in [0.2, 0.25) is 0 Å². The maximum Gasteiger partial charge on any atom is 0.0702 e. The molecule has 2 atom stereocenters. The summed E-state index contributed by atoms with van der Waals surface area (Å²) in [6, 6.07) is 4.53. The molecule has 1 fully saturated rings. The van der Waals surface area contributed by atoms with Gasteiger partial charge in [0, 0.05) is 24.6 Å². The zero-order valence-electron chi connectivity index (χ0n) is 9.81. The van der Waals surface area contributed by atoms with Crippen molar-refractivity contribution in [1.29, 1.82) is 0 Å². The predicted octanol–water partition coefficient (Wildman–Crippen LogP) is 2.21. The Hall–Kier alpha value is 0.0600. The molecule has 1 aliphatic rings. The Bertz CT molecular complexity index is 358. The monoisotopic (exact) mass is 318 g/mol.